The number of anilines is 3. The van der Waals surface area contributed by atoms with Gasteiger partial charge in [0.15, 0.2) is 0 Å². The zero-order valence-corrected chi connectivity index (χ0v) is 27.4. The second-order valence-corrected chi connectivity index (χ2v) is 13.7. The van der Waals surface area contributed by atoms with Crippen molar-refractivity contribution in [2.75, 3.05) is 4.90 Å². The van der Waals surface area contributed by atoms with E-state index in [0.29, 0.717) is 26.2 Å². The molecule has 0 saturated heterocycles. The van der Waals surface area contributed by atoms with E-state index in [2.05, 4.69) is 163 Å². The topological polar surface area (TPSA) is 50.8 Å². The number of benzene rings is 7. The van der Waals surface area contributed by atoms with Crippen LogP contribution < -0.4 is 15.3 Å². The quantitative estimate of drug-likeness (QED) is 0.181. The molecule has 0 N–H and O–H groups in total. The zero-order valence-electron chi connectivity index (χ0n) is 26.4. The Hall–Kier alpha value is -6.46. The van der Waals surface area contributed by atoms with Gasteiger partial charge in [0.2, 0.25) is 0 Å². The summed E-state index contributed by atoms with van der Waals surface area (Å²) >= 11 is 0. The molecule has 49 heavy (non-hydrogen) atoms. The van der Waals surface area contributed by atoms with Crippen molar-refractivity contribution in [2.45, 2.75) is 5.41 Å². The molecular formula is C45H27N3Si. The molecule has 2 aliphatic rings. The molecule has 2 radical (unpaired) electrons. The maximum Gasteiger partial charge on any atom is 0.127 e. The average Bonchev–Trinajstić information content (AvgIpc) is 3.48. The van der Waals surface area contributed by atoms with E-state index in [9.17, 15) is 10.5 Å². The minimum Gasteiger partial charge on any atom is -0.311 e. The van der Waals surface area contributed by atoms with E-state index in [1.54, 1.807) is 6.07 Å². The number of hydrogen-bond acceptors (Lipinski definition) is 3. The highest BCUT2D eigenvalue weighted by Crippen LogP contribution is 2.60. The van der Waals surface area contributed by atoms with E-state index in [1.165, 1.54) is 15.9 Å². The summed E-state index contributed by atoms with van der Waals surface area (Å²) < 4.78 is 0. The van der Waals surface area contributed by atoms with Crippen molar-refractivity contribution in [3.05, 3.63) is 197 Å². The smallest absolute Gasteiger partial charge is 0.127 e. The van der Waals surface area contributed by atoms with Crippen LogP contribution in [0.25, 0.3) is 22.3 Å². The normalized spacial score (nSPS) is 13.3. The van der Waals surface area contributed by atoms with Gasteiger partial charge in [-0.1, -0.05) is 127 Å². The summed E-state index contributed by atoms with van der Waals surface area (Å²) in [5.41, 5.74) is 11.8. The maximum absolute atomic E-state index is 10.6. The van der Waals surface area contributed by atoms with Gasteiger partial charge in [-0.2, -0.15) is 10.5 Å². The molecule has 3 nitrogen and oxygen atoms in total. The van der Waals surface area contributed by atoms with Crippen LogP contribution in [0.3, 0.4) is 0 Å². The summed E-state index contributed by atoms with van der Waals surface area (Å²) in [5.74, 6) is 0. The SMILES string of the molecule is N#Cc1cccc(C#N)c1-c1cc(N2c3ccccc3[Si]c3ccccc32)cc2c1C(c1ccccc1)(c1ccccc1)c1ccccc1-2. The Morgan fingerprint density at radius 1 is 0.490 bits per heavy atom. The van der Waals surface area contributed by atoms with Crippen molar-refractivity contribution in [1.29, 1.82) is 10.5 Å². The van der Waals surface area contributed by atoms with Gasteiger partial charge in [-0.15, -0.1) is 0 Å². The summed E-state index contributed by atoms with van der Waals surface area (Å²) in [5, 5.41) is 23.7. The van der Waals surface area contributed by atoms with Crippen LogP contribution in [0, 0.1) is 22.7 Å². The molecule has 0 fully saturated rings. The third-order valence-corrected chi connectivity index (χ3v) is 11.3. The van der Waals surface area contributed by atoms with Gasteiger partial charge in [0.05, 0.1) is 28.7 Å². The van der Waals surface area contributed by atoms with Gasteiger partial charge in [0, 0.05) is 22.6 Å². The Morgan fingerprint density at radius 3 is 1.59 bits per heavy atom. The standard InChI is InChI=1S/C45H27N3Si/c46-28-30-14-13-15-31(29-47)43(30)37-27-34(48-39-22-9-11-24-41(39)49-42-25-12-10-23-40(42)48)26-36-35-20-7-8-21-38(35)45(44(36)37,32-16-3-1-4-17-32)33-18-5-2-6-19-33/h1-27H. The van der Waals surface area contributed by atoms with Crippen molar-refractivity contribution in [3.63, 3.8) is 0 Å². The second-order valence-electron chi connectivity index (χ2n) is 12.4. The van der Waals surface area contributed by atoms with Crippen LogP contribution in [-0.2, 0) is 5.41 Å². The van der Waals surface area contributed by atoms with Crippen LogP contribution in [0.1, 0.15) is 33.4 Å². The molecule has 4 heteroatoms. The van der Waals surface area contributed by atoms with Gasteiger partial charge in [-0.3, -0.25) is 0 Å². The molecule has 1 aliphatic heterocycles. The van der Waals surface area contributed by atoms with E-state index >= 15 is 0 Å². The summed E-state index contributed by atoms with van der Waals surface area (Å²) in [6.45, 7) is 0. The van der Waals surface area contributed by atoms with Crippen LogP contribution in [0.4, 0.5) is 17.1 Å². The zero-order chi connectivity index (χ0) is 33.0. The summed E-state index contributed by atoms with van der Waals surface area (Å²) in [7, 11) is 0.544. The third-order valence-electron chi connectivity index (χ3n) is 9.93. The lowest BCUT2D eigenvalue weighted by atomic mass is 9.65. The number of nitrogens with zero attached hydrogens (tertiary/aromatic N) is 3. The van der Waals surface area contributed by atoms with Gasteiger partial charge < -0.3 is 4.90 Å². The van der Waals surface area contributed by atoms with E-state index in [-0.39, 0.29) is 0 Å². The van der Waals surface area contributed by atoms with E-state index in [0.717, 1.165) is 50.4 Å². The Labute approximate surface area is 288 Å². The van der Waals surface area contributed by atoms with Crippen molar-refractivity contribution in [1.82, 2.24) is 0 Å². The monoisotopic (exact) mass is 637 g/mol. The number of rotatable bonds is 4. The molecule has 9 rings (SSSR count). The lowest BCUT2D eigenvalue weighted by Gasteiger charge is -2.37. The second kappa shape index (κ2) is 11.4. The van der Waals surface area contributed by atoms with Crippen LogP contribution in [-0.4, -0.2) is 9.52 Å². The number of fused-ring (bicyclic) bond motifs is 5. The van der Waals surface area contributed by atoms with Crippen LogP contribution >= 0.6 is 0 Å². The molecule has 1 aliphatic carbocycles. The highest BCUT2D eigenvalue weighted by molar-refractivity contribution is 6.71. The van der Waals surface area contributed by atoms with Gasteiger partial charge in [0.25, 0.3) is 0 Å². The minimum atomic E-state index is -0.712. The third kappa shape index (κ3) is 4.19. The first-order valence-electron chi connectivity index (χ1n) is 16.3. The van der Waals surface area contributed by atoms with Crippen molar-refractivity contribution in [2.24, 2.45) is 0 Å². The Balaban J connectivity index is 1.49. The number of para-hydroxylation sites is 2. The predicted molar refractivity (Wildman–Crippen MR) is 198 cm³/mol. The Morgan fingerprint density at radius 2 is 1.00 bits per heavy atom. The fourth-order valence-electron chi connectivity index (χ4n) is 8.02. The lowest BCUT2D eigenvalue weighted by molar-refractivity contribution is 0.770. The van der Waals surface area contributed by atoms with Crippen molar-refractivity contribution < 1.29 is 0 Å². The predicted octanol–water partition coefficient (Wildman–Crippen LogP) is 8.90. The first kappa shape index (κ1) is 28.7. The molecule has 0 saturated carbocycles. The van der Waals surface area contributed by atoms with Crippen molar-refractivity contribution >= 4 is 37.0 Å². The van der Waals surface area contributed by atoms with E-state index in [4.69, 9.17) is 0 Å². The van der Waals surface area contributed by atoms with Gasteiger partial charge >= 0.3 is 0 Å². The molecule has 7 aromatic carbocycles. The van der Waals surface area contributed by atoms with Gasteiger partial charge in [-0.05, 0) is 85.7 Å². The summed E-state index contributed by atoms with van der Waals surface area (Å²) in [6.07, 6.45) is 0. The molecule has 0 amide bonds. The molecule has 0 aromatic heterocycles. The van der Waals surface area contributed by atoms with Crippen LogP contribution in [0.15, 0.2) is 164 Å². The largest absolute Gasteiger partial charge is 0.311 e. The van der Waals surface area contributed by atoms with Crippen LogP contribution in [0.2, 0.25) is 0 Å². The number of nitriles is 2. The van der Waals surface area contributed by atoms with Gasteiger partial charge in [0.1, 0.15) is 9.52 Å². The molecule has 7 aromatic rings. The highest BCUT2D eigenvalue weighted by Gasteiger charge is 2.48. The first-order valence-corrected chi connectivity index (χ1v) is 17.3. The fourth-order valence-corrected chi connectivity index (χ4v) is 9.32. The summed E-state index contributed by atoms with van der Waals surface area (Å²) in [4.78, 5) is 2.36. The summed E-state index contributed by atoms with van der Waals surface area (Å²) in [6, 6.07) is 62.2. The molecular weight excluding hydrogens is 611 g/mol. The highest BCUT2D eigenvalue weighted by atomic mass is 28.2. The lowest BCUT2D eigenvalue weighted by Crippen LogP contribution is -2.39. The first-order chi connectivity index (χ1) is 24.2. The fraction of sp³-hybridized carbons (Fsp3) is 0.0222. The average molecular weight is 638 g/mol. The molecule has 0 atom stereocenters. The van der Waals surface area contributed by atoms with E-state index in [1.807, 2.05) is 12.1 Å². The molecule has 226 valence electrons. The molecule has 0 spiro atoms. The van der Waals surface area contributed by atoms with Crippen LogP contribution in [0.5, 0.6) is 0 Å². The Bertz CT molecular complexity index is 2390. The molecule has 1 heterocycles. The Kier molecular flexibility index (Phi) is 6.66. The van der Waals surface area contributed by atoms with E-state index < -0.39 is 5.41 Å². The van der Waals surface area contributed by atoms with Crippen molar-refractivity contribution in [3.8, 4) is 34.4 Å². The maximum atomic E-state index is 10.6. The molecule has 0 unspecified atom stereocenters. The minimum absolute atomic E-state index is 0.477. The van der Waals surface area contributed by atoms with Gasteiger partial charge in [-0.25, -0.2) is 0 Å². The number of hydrogen-bond donors (Lipinski definition) is 0. The molecule has 0 bridgehead atoms.